The van der Waals surface area contributed by atoms with Crippen LogP contribution in [0.1, 0.15) is 12.5 Å². The SMILES string of the molecule is CC(=O)CSc1nc2ccccc2c(=O)n1-c1ccccc1C. The number of carbonyl (C=O) groups is 1. The minimum atomic E-state index is -0.115. The van der Waals surface area contributed by atoms with Crippen LogP contribution in [-0.2, 0) is 4.79 Å². The number of nitrogens with zero attached hydrogens (tertiary/aromatic N) is 2. The molecule has 0 amide bonds. The molecule has 0 saturated heterocycles. The van der Waals surface area contributed by atoms with Gasteiger partial charge in [-0.25, -0.2) is 4.98 Å². The van der Waals surface area contributed by atoms with Crippen molar-refractivity contribution >= 4 is 28.4 Å². The predicted molar refractivity (Wildman–Crippen MR) is 93.5 cm³/mol. The summed E-state index contributed by atoms with van der Waals surface area (Å²) in [5.74, 6) is 0.338. The van der Waals surface area contributed by atoms with Crippen LogP contribution in [0.4, 0.5) is 0 Å². The van der Waals surface area contributed by atoms with E-state index in [1.54, 1.807) is 10.6 Å². The van der Waals surface area contributed by atoms with Crippen molar-refractivity contribution in [3.05, 3.63) is 64.4 Å². The Labute approximate surface area is 138 Å². The minimum absolute atomic E-state index is 0.0498. The zero-order valence-corrected chi connectivity index (χ0v) is 13.8. The smallest absolute Gasteiger partial charge is 0.266 e. The molecule has 3 rings (SSSR count). The molecule has 0 radical (unpaired) electrons. The van der Waals surface area contributed by atoms with Crippen LogP contribution in [0.5, 0.6) is 0 Å². The van der Waals surface area contributed by atoms with Gasteiger partial charge in [0.15, 0.2) is 5.16 Å². The predicted octanol–water partition coefficient (Wildman–Crippen LogP) is 3.38. The molecular weight excluding hydrogens is 308 g/mol. The molecule has 0 atom stereocenters. The molecule has 0 spiro atoms. The van der Waals surface area contributed by atoms with E-state index in [-0.39, 0.29) is 17.1 Å². The van der Waals surface area contributed by atoms with E-state index >= 15 is 0 Å². The van der Waals surface area contributed by atoms with Crippen molar-refractivity contribution in [3.63, 3.8) is 0 Å². The summed E-state index contributed by atoms with van der Waals surface area (Å²) in [7, 11) is 0. The summed E-state index contributed by atoms with van der Waals surface area (Å²) in [6.07, 6.45) is 0. The molecule has 0 aliphatic heterocycles. The highest BCUT2D eigenvalue weighted by Gasteiger charge is 2.14. The van der Waals surface area contributed by atoms with Gasteiger partial charge in [-0.1, -0.05) is 42.1 Å². The molecule has 1 aromatic heterocycles. The lowest BCUT2D eigenvalue weighted by molar-refractivity contribution is -0.114. The molecule has 2 aromatic carbocycles. The van der Waals surface area contributed by atoms with E-state index in [0.717, 1.165) is 11.3 Å². The number of ketones is 1. The molecule has 0 unspecified atom stereocenters. The second-order valence-electron chi connectivity index (χ2n) is 5.33. The molecule has 0 aliphatic carbocycles. The van der Waals surface area contributed by atoms with Crippen LogP contribution in [0.15, 0.2) is 58.5 Å². The second kappa shape index (κ2) is 6.38. The zero-order valence-electron chi connectivity index (χ0n) is 12.9. The fourth-order valence-electron chi connectivity index (χ4n) is 2.40. The van der Waals surface area contributed by atoms with Crippen molar-refractivity contribution in [3.8, 4) is 5.69 Å². The first-order valence-electron chi connectivity index (χ1n) is 7.28. The lowest BCUT2D eigenvalue weighted by atomic mass is 10.2. The number of Topliss-reactive ketones (excluding diaryl/α,β-unsaturated/α-hetero) is 1. The Morgan fingerprint density at radius 3 is 2.57 bits per heavy atom. The van der Waals surface area contributed by atoms with Crippen LogP contribution in [0, 0.1) is 6.92 Å². The minimum Gasteiger partial charge on any atom is -0.299 e. The van der Waals surface area contributed by atoms with Crippen molar-refractivity contribution in [1.29, 1.82) is 0 Å². The molecule has 0 N–H and O–H groups in total. The van der Waals surface area contributed by atoms with E-state index in [0.29, 0.717) is 16.1 Å². The van der Waals surface area contributed by atoms with Gasteiger partial charge in [0.05, 0.1) is 22.3 Å². The number of hydrogen-bond donors (Lipinski definition) is 0. The van der Waals surface area contributed by atoms with Gasteiger partial charge in [-0.3, -0.25) is 14.2 Å². The first-order chi connectivity index (χ1) is 11.1. The molecule has 0 bridgehead atoms. The van der Waals surface area contributed by atoms with Gasteiger partial charge >= 0.3 is 0 Å². The number of benzene rings is 2. The van der Waals surface area contributed by atoms with Gasteiger partial charge in [-0.2, -0.15) is 0 Å². The Morgan fingerprint density at radius 1 is 1.13 bits per heavy atom. The van der Waals surface area contributed by atoms with Crippen molar-refractivity contribution in [2.45, 2.75) is 19.0 Å². The normalized spacial score (nSPS) is 10.9. The maximum atomic E-state index is 13.0. The van der Waals surface area contributed by atoms with Gasteiger partial charge < -0.3 is 0 Å². The first kappa shape index (κ1) is 15.5. The summed E-state index contributed by atoms with van der Waals surface area (Å²) in [6, 6.07) is 14.9. The largest absolute Gasteiger partial charge is 0.299 e. The fraction of sp³-hybridized carbons (Fsp3) is 0.167. The van der Waals surface area contributed by atoms with Gasteiger partial charge in [0.25, 0.3) is 5.56 Å². The van der Waals surface area contributed by atoms with Crippen LogP contribution in [0.3, 0.4) is 0 Å². The highest BCUT2D eigenvalue weighted by molar-refractivity contribution is 7.99. The first-order valence-corrected chi connectivity index (χ1v) is 8.26. The maximum absolute atomic E-state index is 13.0. The van der Waals surface area contributed by atoms with Gasteiger partial charge in [0, 0.05) is 0 Å². The zero-order chi connectivity index (χ0) is 16.4. The molecule has 0 aliphatic rings. The third kappa shape index (κ3) is 3.05. The average Bonchev–Trinajstić information content (AvgIpc) is 2.54. The Morgan fingerprint density at radius 2 is 1.83 bits per heavy atom. The monoisotopic (exact) mass is 324 g/mol. The molecule has 23 heavy (non-hydrogen) atoms. The molecule has 0 saturated carbocycles. The van der Waals surface area contributed by atoms with Gasteiger partial charge in [-0.05, 0) is 37.6 Å². The van der Waals surface area contributed by atoms with Crippen LogP contribution in [-0.4, -0.2) is 21.1 Å². The number of para-hydroxylation sites is 2. The van der Waals surface area contributed by atoms with Gasteiger partial charge in [-0.15, -0.1) is 0 Å². The molecule has 116 valence electrons. The maximum Gasteiger partial charge on any atom is 0.266 e. The highest BCUT2D eigenvalue weighted by atomic mass is 32.2. The standard InChI is InChI=1S/C18H16N2O2S/c1-12-7-3-6-10-16(12)20-17(22)14-8-4-5-9-15(14)19-18(20)23-11-13(2)21/h3-10H,11H2,1-2H3. The Bertz CT molecular complexity index is 947. The van der Waals surface area contributed by atoms with Crippen LogP contribution < -0.4 is 5.56 Å². The number of hydrogen-bond acceptors (Lipinski definition) is 4. The van der Waals surface area contributed by atoms with Crippen LogP contribution >= 0.6 is 11.8 Å². The summed E-state index contributed by atoms with van der Waals surface area (Å²) in [4.78, 5) is 28.9. The third-order valence-electron chi connectivity index (χ3n) is 3.51. The molecule has 1 heterocycles. The molecule has 3 aromatic rings. The highest BCUT2D eigenvalue weighted by Crippen LogP contribution is 2.22. The summed E-state index contributed by atoms with van der Waals surface area (Å²) < 4.78 is 1.60. The molecular formula is C18H16N2O2S. The number of rotatable bonds is 4. The van der Waals surface area contributed by atoms with Gasteiger partial charge in [0.1, 0.15) is 5.78 Å². The lowest BCUT2D eigenvalue weighted by Crippen LogP contribution is -2.22. The quantitative estimate of drug-likeness (QED) is 0.545. The molecule has 0 fully saturated rings. The van der Waals surface area contributed by atoms with E-state index in [2.05, 4.69) is 4.98 Å². The Kier molecular flexibility index (Phi) is 4.30. The average molecular weight is 324 g/mol. The van der Waals surface area contributed by atoms with Crippen molar-refractivity contribution in [2.75, 3.05) is 5.75 Å². The van der Waals surface area contributed by atoms with Gasteiger partial charge in [0.2, 0.25) is 0 Å². The van der Waals surface area contributed by atoms with Crippen molar-refractivity contribution < 1.29 is 4.79 Å². The lowest BCUT2D eigenvalue weighted by Gasteiger charge is -2.14. The Balaban J connectivity index is 2.30. The van der Waals surface area contributed by atoms with Crippen molar-refractivity contribution in [1.82, 2.24) is 9.55 Å². The number of aromatic nitrogens is 2. The number of fused-ring (bicyclic) bond motifs is 1. The summed E-state index contributed by atoms with van der Waals surface area (Å²) in [5.41, 5.74) is 2.31. The molecule has 5 heteroatoms. The van der Waals surface area contributed by atoms with E-state index in [4.69, 9.17) is 0 Å². The second-order valence-corrected chi connectivity index (χ2v) is 6.27. The number of aryl methyl sites for hydroxylation is 1. The third-order valence-corrected chi connectivity index (χ3v) is 4.59. The van der Waals surface area contributed by atoms with E-state index < -0.39 is 0 Å². The summed E-state index contributed by atoms with van der Waals surface area (Å²) in [6.45, 7) is 3.49. The molecule has 4 nitrogen and oxygen atoms in total. The fourth-order valence-corrected chi connectivity index (χ4v) is 3.21. The van der Waals surface area contributed by atoms with Crippen LogP contribution in [0.25, 0.3) is 16.6 Å². The van der Waals surface area contributed by atoms with Crippen molar-refractivity contribution in [2.24, 2.45) is 0 Å². The van der Waals surface area contributed by atoms with Crippen LogP contribution in [0.2, 0.25) is 0 Å². The number of thioether (sulfide) groups is 1. The Hall–Kier alpha value is -2.40. The topological polar surface area (TPSA) is 52.0 Å². The summed E-state index contributed by atoms with van der Waals surface area (Å²) in [5, 5.41) is 1.11. The number of carbonyl (C=O) groups excluding carboxylic acids is 1. The van der Waals surface area contributed by atoms with E-state index in [1.165, 1.54) is 18.7 Å². The van der Waals surface area contributed by atoms with E-state index in [1.807, 2.05) is 49.4 Å². The summed E-state index contributed by atoms with van der Waals surface area (Å²) >= 11 is 1.29. The van der Waals surface area contributed by atoms with E-state index in [9.17, 15) is 9.59 Å².